The Balaban J connectivity index is 1.92. The highest BCUT2D eigenvalue weighted by Crippen LogP contribution is 2.40. The Morgan fingerprint density at radius 1 is 1.27 bits per heavy atom. The van der Waals surface area contributed by atoms with Crippen molar-refractivity contribution in [2.24, 2.45) is 5.10 Å². The standard InChI is InChI=1S/C13H11F3N2O4/c14-13(15,16)12(20)3-4-17-18(12)11(19)8-1-2-9-10(7-8)22-6-5-21-9/h1-2,4,7,20H,3,5-6H2/t12-/m0/s1. The van der Waals surface area contributed by atoms with Crippen LogP contribution in [-0.4, -0.2) is 47.4 Å². The van der Waals surface area contributed by atoms with Crippen LogP contribution in [0.2, 0.25) is 0 Å². The molecule has 1 aromatic carbocycles. The molecule has 2 aliphatic heterocycles. The molecule has 0 spiro atoms. The highest BCUT2D eigenvalue weighted by atomic mass is 19.4. The van der Waals surface area contributed by atoms with Gasteiger partial charge >= 0.3 is 6.18 Å². The fraction of sp³-hybridized carbons (Fsp3) is 0.385. The molecule has 0 unspecified atom stereocenters. The van der Waals surface area contributed by atoms with Crippen molar-refractivity contribution in [3.63, 3.8) is 0 Å². The monoisotopic (exact) mass is 316 g/mol. The molecule has 2 heterocycles. The summed E-state index contributed by atoms with van der Waals surface area (Å²) in [5.41, 5.74) is -3.43. The van der Waals surface area contributed by atoms with Crippen LogP contribution < -0.4 is 9.47 Å². The van der Waals surface area contributed by atoms with Crippen LogP contribution in [0.25, 0.3) is 0 Å². The van der Waals surface area contributed by atoms with E-state index in [2.05, 4.69) is 5.10 Å². The van der Waals surface area contributed by atoms with Gasteiger partial charge in [-0.05, 0) is 18.2 Å². The van der Waals surface area contributed by atoms with Crippen LogP contribution in [0.15, 0.2) is 23.3 Å². The van der Waals surface area contributed by atoms with Gasteiger partial charge in [0.15, 0.2) is 11.5 Å². The molecule has 22 heavy (non-hydrogen) atoms. The van der Waals surface area contributed by atoms with Gasteiger partial charge in [0, 0.05) is 18.2 Å². The van der Waals surface area contributed by atoms with E-state index in [1.807, 2.05) is 0 Å². The van der Waals surface area contributed by atoms with Crippen LogP contribution in [-0.2, 0) is 0 Å². The third-order valence-corrected chi connectivity index (χ3v) is 3.36. The molecule has 0 bridgehead atoms. The SMILES string of the molecule is O=C(c1ccc2c(c1)OCCO2)N1N=CC[C@]1(O)C(F)(F)F. The maximum Gasteiger partial charge on any atom is 0.438 e. The first kappa shape index (κ1) is 14.6. The third kappa shape index (κ3) is 2.17. The van der Waals surface area contributed by atoms with Gasteiger partial charge < -0.3 is 14.6 Å². The van der Waals surface area contributed by atoms with Crippen molar-refractivity contribution in [2.45, 2.75) is 18.3 Å². The number of carbonyl (C=O) groups excluding carboxylic acids is 1. The fourth-order valence-corrected chi connectivity index (χ4v) is 2.19. The Labute approximate surface area is 122 Å². The minimum absolute atomic E-state index is 0.0401. The number of hydrazone groups is 1. The Hall–Kier alpha value is -2.29. The van der Waals surface area contributed by atoms with Gasteiger partial charge in [-0.3, -0.25) is 4.79 Å². The number of hydrogen-bond acceptors (Lipinski definition) is 5. The predicted octanol–water partition coefficient (Wildman–Crippen LogP) is 1.54. The molecular formula is C13H11F3N2O4. The Kier molecular flexibility index (Phi) is 3.24. The zero-order valence-electron chi connectivity index (χ0n) is 11.1. The number of hydrogen-bond donors (Lipinski definition) is 1. The molecule has 0 aromatic heterocycles. The summed E-state index contributed by atoms with van der Waals surface area (Å²) in [6, 6.07) is 3.98. The first-order valence-electron chi connectivity index (χ1n) is 6.39. The molecule has 3 rings (SSSR count). The lowest BCUT2D eigenvalue weighted by Gasteiger charge is -2.32. The van der Waals surface area contributed by atoms with E-state index in [1.165, 1.54) is 18.2 Å². The summed E-state index contributed by atoms with van der Waals surface area (Å²) in [5.74, 6) is -0.417. The lowest BCUT2D eigenvalue weighted by Crippen LogP contribution is -2.56. The smallest absolute Gasteiger partial charge is 0.438 e. The van der Waals surface area contributed by atoms with E-state index in [1.54, 1.807) is 0 Å². The van der Waals surface area contributed by atoms with Gasteiger partial charge in [-0.2, -0.15) is 23.3 Å². The average molecular weight is 316 g/mol. The fourth-order valence-electron chi connectivity index (χ4n) is 2.19. The largest absolute Gasteiger partial charge is 0.486 e. The molecule has 1 aromatic rings. The van der Waals surface area contributed by atoms with Gasteiger partial charge in [0.1, 0.15) is 13.2 Å². The second-order valence-electron chi connectivity index (χ2n) is 4.79. The molecule has 1 N–H and O–H groups in total. The van der Waals surface area contributed by atoms with E-state index in [0.717, 1.165) is 6.21 Å². The maximum absolute atomic E-state index is 13.0. The maximum atomic E-state index is 13.0. The molecule has 0 saturated carbocycles. The van der Waals surface area contributed by atoms with Crippen LogP contribution in [0.4, 0.5) is 13.2 Å². The van der Waals surface area contributed by atoms with Crippen molar-refractivity contribution < 1.29 is 32.5 Å². The van der Waals surface area contributed by atoms with E-state index in [9.17, 15) is 23.1 Å². The van der Waals surface area contributed by atoms with E-state index in [0.29, 0.717) is 12.4 Å². The highest BCUT2D eigenvalue weighted by molar-refractivity contribution is 5.96. The topological polar surface area (TPSA) is 71.4 Å². The Morgan fingerprint density at radius 3 is 2.64 bits per heavy atom. The molecule has 1 atom stereocenters. The van der Waals surface area contributed by atoms with E-state index in [4.69, 9.17) is 9.47 Å². The number of amides is 1. The van der Waals surface area contributed by atoms with E-state index < -0.39 is 24.2 Å². The number of aliphatic hydroxyl groups is 1. The first-order chi connectivity index (χ1) is 10.3. The average Bonchev–Trinajstić information content (AvgIpc) is 2.89. The summed E-state index contributed by atoms with van der Waals surface area (Å²) in [4.78, 5) is 12.3. The number of alkyl halides is 3. The first-order valence-corrected chi connectivity index (χ1v) is 6.39. The second kappa shape index (κ2) is 4.87. The van der Waals surface area contributed by atoms with Crippen molar-refractivity contribution >= 4 is 12.1 Å². The number of ether oxygens (including phenoxy) is 2. The number of carbonyl (C=O) groups is 1. The molecule has 118 valence electrons. The summed E-state index contributed by atoms with van der Waals surface area (Å²) in [5, 5.41) is 13.2. The van der Waals surface area contributed by atoms with Gasteiger partial charge in [-0.15, -0.1) is 0 Å². The van der Waals surface area contributed by atoms with Gasteiger partial charge in [-0.25, -0.2) is 0 Å². The summed E-state index contributed by atoms with van der Waals surface area (Å²) in [6.45, 7) is 0.629. The summed E-state index contributed by atoms with van der Waals surface area (Å²) in [6.07, 6.45) is -4.98. The summed E-state index contributed by atoms with van der Waals surface area (Å²) in [7, 11) is 0. The normalized spacial score (nSPS) is 23.7. The molecule has 0 aliphatic carbocycles. The molecule has 9 heteroatoms. The zero-order chi connectivity index (χ0) is 16.0. The Bertz CT molecular complexity index is 647. The molecule has 6 nitrogen and oxygen atoms in total. The van der Waals surface area contributed by atoms with Crippen LogP contribution in [0, 0.1) is 0 Å². The van der Waals surface area contributed by atoms with Crippen molar-refractivity contribution in [3.05, 3.63) is 23.8 Å². The molecule has 0 radical (unpaired) electrons. The number of fused-ring (bicyclic) bond motifs is 1. The molecule has 0 fully saturated rings. The van der Waals surface area contributed by atoms with E-state index in [-0.39, 0.29) is 22.9 Å². The quantitative estimate of drug-likeness (QED) is 0.853. The van der Waals surface area contributed by atoms with E-state index >= 15 is 0 Å². The highest BCUT2D eigenvalue weighted by Gasteiger charge is 2.61. The second-order valence-corrected chi connectivity index (χ2v) is 4.79. The lowest BCUT2D eigenvalue weighted by atomic mass is 10.1. The van der Waals surface area contributed by atoms with Crippen molar-refractivity contribution in [1.82, 2.24) is 5.01 Å². The van der Waals surface area contributed by atoms with Gasteiger partial charge in [-0.1, -0.05) is 0 Å². The van der Waals surface area contributed by atoms with Crippen LogP contribution in [0.3, 0.4) is 0 Å². The third-order valence-electron chi connectivity index (χ3n) is 3.36. The number of rotatable bonds is 1. The zero-order valence-corrected chi connectivity index (χ0v) is 11.1. The summed E-state index contributed by atoms with van der Waals surface area (Å²) < 4.78 is 49.5. The van der Waals surface area contributed by atoms with Crippen LogP contribution >= 0.6 is 0 Å². The van der Waals surface area contributed by atoms with Crippen LogP contribution in [0.1, 0.15) is 16.8 Å². The van der Waals surface area contributed by atoms with Crippen molar-refractivity contribution in [2.75, 3.05) is 13.2 Å². The van der Waals surface area contributed by atoms with Gasteiger partial charge in [0.2, 0.25) is 0 Å². The summed E-state index contributed by atoms with van der Waals surface area (Å²) >= 11 is 0. The van der Waals surface area contributed by atoms with Crippen molar-refractivity contribution in [1.29, 1.82) is 0 Å². The molecular weight excluding hydrogens is 305 g/mol. The van der Waals surface area contributed by atoms with Crippen molar-refractivity contribution in [3.8, 4) is 11.5 Å². The minimum atomic E-state index is -5.02. The van der Waals surface area contributed by atoms with Gasteiger partial charge in [0.05, 0.1) is 0 Å². The molecule has 2 aliphatic rings. The number of benzene rings is 1. The predicted molar refractivity (Wildman–Crippen MR) is 67.7 cm³/mol. The molecule has 0 saturated heterocycles. The molecule has 1 amide bonds. The minimum Gasteiger partial charge on any atom is -0.486 e. The van der Waals surface area contributed by atoms with Gasteiger partial charge in [0.25, 0.3) is 11.6 Å². The number of halogens is 3. The van der Waals surface area contributed by atoms with Crippen LogP contribution in [0.5, 0.6) is 11.5 Å². The number of nitrogens with zero attached hydrogens (tertiary/aromatic N) is 2. The Morgan fingerprint density at radius 2 is 1.95 bits per heavy atom. The lowest BCUT2D eigenvalue weighted by molar-refractivity contribution is -0.297.